The fourth-order valence-electron chi connectivity index (χ4n) is 2.03. The van der Waals surface area contributed by atoms with Crippen molar-refractivity contribution < 1.29 is 13.9 Å². The Kier molecular flexibility index (Phi) is 4.35. The Labute approximate surface area is 112 Å². The topological polar surface area (TPSA) is 36.6 Å². The summed E-state index contributed by atoms with van der Waals surface area (Å²) < 4.78 is 19.1. The van der Waals surface area contributed by atoms with E-state index >= 15 is 0 Å². The molecule has 3 nitrogen and oxygen atoms in total. The highest BCUT2D eigenvalue weighted by Gasteiger charge is 2.16. The van der Waals surface area contributed by atoms with Crippen molar-refractivity contribution >= 4 is 0 Å². The van der Waals surface area contributed by atoms with Crippen molar-refractivity contribution in [2.45, 2.75) is 26.1 Å². The van der Waals surface area contributed by atoms with E-state index in [1.54, 1.807) is 18.2 Å². The van der Waals surface area contributed by atoms with Gasteiger partial charge in [-0.05, 0) is 32.2 Å². The molecule has 0 aliphatic rings. The van der Waals surface area contributed by atoms with Crippen molar-refractivity contribution in [1.82, 2.24) is 4.90 Å². The number of benzene rings is 1. The van der Waals surface area contributed by atoms with Crippen LogP contribution in [0.15, 0.2) is 40.8 Å². The molecule has 1 aromatic carbocycles. The molecule has 1 heterocycles. The SMILES string of the molecule is CC(c1ccccc1F)N(C)Cc1ccc(CO)o1. The zero-order valence-electron chi connectivity index (χ0n) is 11.1. The quantitative estimate of drug-likeness (QED) is 0.900. The summed E-state index contributed by atoms with van der Waals surface area (Å²) in [7, 11) is 1.91. The summed E-state index contributed by atoms with van der Waals surface area (Å²) in [4.78, 5) is 2.00. The van der Waals surface area contributed by atoms with Crippen LogP contribution >= 0.6 is 0 Å². The van der Waals surface area contributed by atoms with E-state index in [9.17, 15) is 4.39 Å². The molecule has 102 valence electrons. The zero-order chi connectivity index (χ0) is 13.8. The van der Waals surface area contributed by atoms with E-state index in [4.69, 9.17) is 9.52 Å². The van der Waals surface area contributed by atoms with Crippen LogP contribution in [0.3, 0.4) is 0 Å². The molecule has 1 N–H and O–H groups in total. The fourth-order valence-corrected chi connectivity index (χ4v) is 2.03. The minimum Gasteiger partial charge on any atom is -0.462 e. The van der Waals surface area contributed by atoms with Gasteiger partial charge in [0.25, 0.3) is 0 Å². The second-order valence-electron chi connectivity index (χ2n) is 4.64. The third-order valence-electron chi connectivity index (χ3n) is 3.29. The van der Waals surface area contributed by atoms with Crippen LogP contribution in [-0.4, -0.2) is 17.1 Å². The average molecular weight is 263 g/mol. The highest BCUT2D eigenvalue weighted by atomic mass is 19.1. The molecule has 1 atom stereocenters. The van der Waals surface area contributed by atoms with Gasteiger partial charge in [0.1, 0.15) is 23.9 Å². The third kappa shape index (κ3) is 3.22. The van der Waals surface area contributed by atoms with Crippen LogP contribution < -0.4 is 0 Å². The molecule has 0 aliphatic carbocycles. The van der Waals surface area contributed by atoms with E-state index in [-0.39, 0.29) is 18.5 Å². The Bertz CT molecular complexity index is 538. The lowest BCUT2D eigenvalue weighted by Crippen LogP contribution is -2.22. The van der Waals surface area contributed by atoms with Crippen LogP contribution in [0.1, 0.15) is 30.0 Å². The number of hydrogen-bond acceptors (Lipinski definition) is 3. The van der Waals surface area contributed by atoms with Crippen molar-refractivity contribution in [2.24, 2.45) is 0 Å². The summed E-state index contributed by atoms with van der Waals surface area (Å²) in [5.41, 5.74) is 0.666. The van der Waals surface area contributed by atoms with Gasteiger partial charge in [0.2, 0.25) is 0 Å². The van der Waals surface area contributed by atoms with Gasteiger partial charge in [-0.1, -0.05) is 18.2 Å². The molecule has 4 heteroatoms. The molecule has 0 saturated carbocycles. The normalized spacial score (nSPS) is 12.9. The van der Waals surface area contributed by atoms with Gasteiger partial charge >= 0.3 is 0 Å². The van der Waals surface area contributed by atoms with Gasteiger partial charge in [-0.2, -0.15) is 0 Å². The molecule has 19 heavy (non-hydrogen) atoms. The van der Waals surface area contributed by atoms with Crippen LogP contribution in [0.2, 0.25) is 0 Å². The summed E-state index contributed by atoms with van der Waals surface area (Å²) in [6.07, 6.45) is 0. The molecule has 0 radical (unpaired) electrons. The van der Waals surface area contributed by atoms with E-state index in [1.807, 2.05) is 31.0 Å². The average Bonchev–Trinajstić information content (AvgIpc) is 2.86. The van der Waals surface area contributed by atoms with Gasteiger partial charge in [-0.15, -0.1) is 0 Å². The Balaban J connectivity index is 2.07. The molecule has 2 rings (SSSR count). The van der Waals surface area contributed by atoms with Crippen LogP contribution in [0.5, 0.6) is 0 Å². The first kappa shape index (κ1) is 13.8. The molecule has 1 unspecified atom stereocenters. The number of furan rings is 1. The number of rotatable bonds is 5. The van der Waals surface area contributed by atoms with Crippen LogP contribution in [0.4, 0.5) is 4.39 Å². The molecule has 0 saturated heterocycles. The summed E-state index contributed by atoms with van der Waals surface area (Å²) in [5, 5.41) is 8.95. The van der Waals surface area contributed by atoms with E-state index < -0.39 is 0 Å². The summed E-state index contributed by atoms with van der Waals surface area (Å²) in [6.45, 7) is 2.41. The Morgan fingerprint density at radius 1 is 1.21 bits per heavy atom. The molecule has 0 fully saturated rings. The lowest BCUT2D eigenvalue weighted by Gasteiger charge is -2.24. The summed E-state index contributed by atoms with van der Waals surface area (Å²) >= 11 is 0. The Morgan fingerprint density at radius 2 is 1.89 bits per heavy atom. The van der Waals surface area contributed by atoms with E-state index in [0.717, 1.165) is 5.76 Å². The van der Waals surface area contributed by atoms with Gasteiger partial charge in [0, 0.05) is 11.6 Å². The molecule has 1 aromatic heterocycles. The van der Waals surface area contributed by atoms with E-state index in [1.165, 1.54) is 6.07 Å². The second-order valence-corrected chi connectivity index (χ2v) is 4.64. The number of hydrogen-bond donors (Lipinski definition) is 1. The van der Waals surface area contributed by atoms with Crippen molar-refractivity contribution in [3.8, 4) is 0 Å². The van der Waals surface area contributed by atoms with E-state index in [0.29, 0.717) is 17.9 Å². The first-order valence-corrected chi connectivity index (χ1v) is 6.25. The smallest absolute Gasteiger partial charge is 0.129 e. The molecule has 2 aromatic rings. The lowest BCUT2D eigenvalue weighted by molar-refractivity contribution is 0.210. The number of halogens is 1. The third-order valence-corrected chi connectivity index (χ3v) is 3.29. The Hall–Kier alpha value is -1.65. The fraction of sp³-hybridized carbons (Fsp3) is 0.333. The van der Waals surface area contributed by atoms with Crippen LogP contribution in [0, 0.1) is 5.82 Å². The van der Waals surface area contributed by atoms with Crippen molar-refractivity contribution in [3.63, 3.8) is 0 Å². The van der Waals surface area contributed by atoms with Crippen molar-refractivity contribution in [2.75, 3.05) is 7.05 Å². The predicted octanol–water partition coefficient (Wildman–Crippen LogP) is 3.10. The second kappa shape index (κ2) is 5.99. The monoisotopic (exact) mass is 263 g/mol. The highest BCUT2D eigenvalue weighted by Crippen LogP contribution is 2.23. The maximum absolute atomic E-state index is 13.7. The molecule has 0 amide bonds. The molecular weight excluding hydrogens is 245 g/mol. The number of aliphatic hydroxyl groups is 1. The van der Waals surface area contributed by atoms with Gasteiger partial charge in [-0.25, -0.2) is 4.39 Å². The minimum absolute atomic E-state index is 0.0520. The predicted molar refractivity (Wildman–Crippen MR) is 70.9 cm³/mol. The van der Waals surface area contributed by atoms with Gasteiger partial charge in [-0.3, -0.25) is 4.90 Å². The van der Waals surface area contributed by atoms with Gasteiger partial charge in [0.05, 0.1) is 6.54 Å². The zero-order valence-corrected chi connectivity index (χ0v) is 11.1. The van der Waals surface area contributed by atoms with Crippen molar-refractivity contribution in [1.29, 1.82) is 0 Å². The van der Waals surface area contributed by atoms with Crippen LogP contribution in [0.25, 0.3) is 0 Å². The van der Waals surface area contributed by atoms with Crippen LogP contribution in [-0.2, 0) is 13.2 Å². The minimum atomic E-state index is -0.197. The molecule has 0 aliphatic heterocycles. The van der Waals surface area contributed by atoms with Gasteiger partial charge < -0.3 is 9.52 Å². The highest BCUT2D eigenvalue weighted by molar-refractivity contribution is 5.20. The van der Waals surface area contributed by atoms with E-state index in [2.05, 4.69) is 0 Å². The maximum Gasteiger partial charge on any atom is 0.129 e. The standard InChI is InChI=1S/C15H18FNO2/c1-11(14-5-3-4-6-15(14)16)17(2)9-12-7-8-13(10-18)19-12/h3-8,11,18H,9-10H2,1-2H3. The molecule has 0 bridgehead atoms. The first-order valence-electron chi connectivity index (χ1n) is 6.25. The largest absolute Gasteiger partial charge is 0.462 e. The summed E-state index contributed by atoms with van der Waals surface area (Å²) in [6, 6.07) is 10.3. The number of aliphatic hydroxyl groups excluding tert-OH is 1. The summed E-state index contributed by atoms with van der Waals surface area (Å²) in [5.74, 6) is 1.11. The maximum atomic E-state index is 13.7. The molecule has 0 spiro atoms. The molecular formula is C15H18FNO2. The lowest BCUT2D eigenvalue weighted by atomic mass is 10.1. The first-order chi connectivity index (χ1) is 9.11. The van der Waals surface area contributed by atoms with Crippen molar-refractivity contribution in [3.05, 3.63) is 59.3 Å². The van der Waals surface area contributed by atoms with Gasteiger partial charge in [0.15, 0.2) is 0 Å². The number of nitrogens with zero attached hydrogens (tertiary/aromatic N) is 1. The Morgan fingerprint density at radius 3 is 2.53 bits per heavy atom.